The van der Waals surface area contributed by atoms with Gasteiger partial charge in [0.2, 0.25) is 0 Å². The van der Waals surface area contributed by atoms with Gasteiger partial charge >= 0.3 is 0 Å². The summed E-state index contributed by atoms with van der Waals surface area (Å²) in [5.74, 6) is 0.430. The lowest BCUT2D eigenvalue weighted by Crippen LogP contribution is -2.30. The van der Waals surface area contributed by atoms with Gasteiger partial charge in [-0.1, -0.05) is 0 Å². The molecular weight excluding hydrogens is 270 g/mol. The molecule has 6 nitrogen and oxygen atoms in total. The zero-order valence-corrected chi connectivity index (χ0v) is 12.0. The van der Waals surface area contributed by atoms with Gasteiger partial charge in [-0.05, 0) is 30.7 Å². The van der Waals surface area contributed by atoms with Gasteiger partial charge in [0.1, 0.15) is 5.75 Å². The van der Waals surface area contributed by atoms with E-state index in [0.29, 0.717) is 30.1 Å². The van der Waals surface area contributed by atoms with Gasteiger partial charge in [-0.2, -0.15) is 0 Å². The minimum atomic E-state index is -0.167. The smallest absolute Gasteiger partial charge is 0.257 e. The molecule has 0 aliphatic rings. The molecule has 1 amide bonds. The number of carbonyl (C=O) groups is 1. The molecule has 21 heavy (non-hydrogen) atoms. The van der Waals surface area contributed by atoms with Crippen LogP contribution in [0, 0.1) is 0 Å². The first-order valence-electron chi connectivity index (χ1n) is 6.74. The lowest BCUT2D eigenvalue weighted by molar-refractivity contribution is -0.123. The van der Waals surface area contributed by atoms with Crippen LogP contribution in [-0.4, -0.2) is 37.8 Å². The van der Waals surface area contributed by atoms with Gasteiger partial charge in [-0.25, -0.2) is 0 Å². The average molecular weight is 289 g/mol. The van der Waals surface area contributed by atoms with Gasteiger partial charge in [0.15, 0.2) is 6.61 Å². The Morgan fingerprint density at radius 2 is 2.24 bits per heavy atom. The van der Waals surface area contributed by atoms with E-state index in [-0.39, 0.29) is 12.5 Å². The van der Waals surface area contributed by atoms with E-state index < -0.39 is 0 Å². The van der Waals surface area contributed by atoms with Crippen LogP contribution in [0.2, 0.25) is 0 Å². The summed E-state index contributed by atoms with van der Waals surface area (Å²) < 4.78 is 10.5. The molecule has 1 aromatic carbocycles. The zero-order valence-electron chi connectivity index (χ0n) is 12.0. The van der Waals surface area contributed by atoms with Crippen LogP contribution in [0.4, 0.5) is 5.69 Å². The van der Waals surface area contributed by atoms with Gasteiger partial charge in [0.25, 0.3) is 5.91 Å². The van der Waals surface area contributed by atoms with Gasteiger partial charge in [0.05, 0.1) is 11.2 Å². The number of nitrogens with one attached hydrogen (secondary N) is 1. The first kappa shape index (κ1) is 15.1. The van der Waals surface area contributed by atoms with Crippen molar-refractivity contribution in [2.75, 3.05) is 32.6 Å². The number of nitrogen functional groups attached to an aromatic ring is 1. The Morgan fingerprint density at radius 1 is 1.38 bits per heavy atom. The number of hydrogen-bond donors (Lipinski definition) is 2. The largest absolute Gasteiger partial charge is 0.483 e. The summed E-state index contributed by atoms with van der Waals surface area (Å²) in [6.07, 6.45) is 2.45. The van der Waals surface area contributed by atoms with E-state index in [1.54, 1.807) is 31.5 Å². The van der Waals surface area contributed by atoms with Crippen molar-refractivity contribution in [1.82, 2.24) is 10.3 Å². The number of amides is 1. The Morgan fingerprint density at radius 3 is 3.05 bits per heavy atom. The molecule has 112 valence electrons. The molecule has 2 aromatic rings. The summed E-state index contributed by atoms with van der Waals surface area (Å²) in [7, 11) is 1.63. The van der Waals surface area contributed by atoms with Crippen LogP contribution < -0.4 is 15.8 Å². The SMILES string of the molecule is COCCCNC(=O)COc1ccc(N)c2ncccc12. The van der Waals surface area contributed by atoms with Crippen LogP contribution in [0.25, 0.3) is 10.9 Å². The van der Waals surface area contributed by atoms with E-state index in [1.807, 2.05) is 6.07 Å². The van der Waals surface area contributed by atoms with Crippen molar-refractivity contribution >= 4 is 22.5 Å². The number of carbonyl (C=O) groups excluding carboxylic acids is 1. The second kappa shape index (κ2) is 7.44. The van der Waals surface area contributed by atoms with Crippen molar-refractivity contribution in [3.05, 3.63) is 30.5 Å². The van der Waals surface area contributed by atoms with Crippen LogP contribution in [0.15, 0.2) is 30.5 Å². The van der Waals surface area contributed by atoms with E-state index in [1.165, 1.54) is 0 Å². The van der Waals surface area contributed by atoms with E-state index in [4.69, 9.17) is 15.2 Å². The predicted octanol–water partition coefficient (Wildman–Crippen LogP) is 1.35. The molecule has 0 unspecified atom stereocenters. The fraction of sp³-hybridized carbons (Fsp3) is 0.333. The summed E-state index contributed by atoms with van der Waals surface area (Å²) in [4.78, 5) is 15.9. The third-order valence-corrected chi connectivity index (χ3v) is 2.97. The fourth-order valence-electron chi connectivity index (χ4n) is 1.93. The highest BCUT2D eigenvalue weighted by Crippen LogP contribution is 2.28. The summed E-state index contributed by atoms with van der Waals surface area (Å²) in [5.41, 5.74) is 7.13. The number of benzene rings is 1. The Hall–Kier alpha value is -2.34. The number of pyridine rings is 1. The Labute approximate surface area is 123 Å². The van der Waals surface area contributed by atoms with Crippen LogP contribution in [0.5, 0.6) is 5.75 Å². The number of anilines is 1. The van der Waals surface area contributed by atoms with Gasteiger partial charge < -0.3 is 20.5 Å². The van der Waals surface area contributed by atoms with E-state index in [0.717, 1.165) is 11.8 Å². The van der Waals surface area contributed by atoms with E-state index >= 15 is 0 Å². The van der Waals surface area contributed by atoms with Gasteiger partial charge in [-0.15, -0.1) is 0 Å². The summed E-state index contributed by atoms with van der Waals surface area (Å²) in [6, 6.07) is 7.14. The molecular formula is C15H19N3O3. The summed E-state index contributed by atoms with van der Waals surface area (Å²) >= 11 is 0. The second-order valence-electron chi connectivity index (χ2n) is 4.54. The van der Waals surface area contributed by atoms with E-state index in [2.05, 4.69) is 10.3 Å². The molecule has 0 atom stereocenters. The van der Waals surface area contributed by atoms with Crippen LogP contribution in [0.1, 0.15) is 6.42 Å². The Balaban J connectivity index is 1.95. The molecule has 1 heterocycles. The lowest BCUT2D eigenvalue weighted by atomic mass is 10.2. The zero-order chi connectivity index (χ0) is 15.1. The summed E-state index contributed by atoms with van der Waals surface area (Å²) in [6.45, 7) is 1.15. The van der Waals surface area contributed by atoms with Crippen molar-refractivity contribution in [3.63, 3.8) is 0 Å². The minimum absolute atomic E-state index is 0.0408. The first-order chi connectivity index (χ1) is 10.2. The standard InChI is InChI=1S/C15H19N3O3/c1-20-9-3-8-17-14(19)10-21-13-6-5-12(16)15-11(13)4-2-7-18-15/h2,4-7H,3,8-10,16H2,1H3,(H,17,19). The topological polar surface area (TPSA) is 86.5 Å². The highest BCUT2D eigenvalue weighted by Gasteiger charge is 2.08. The third-order valence-electron chi connectivity index (χ3n) is 2.97. The number of ether oxygens (including phenoxy) is 2. The minimum Gasteiger partial charge on any atom is -0.483 e. The number of methoxy groups -OCH3 is 1. The number of rotatable bonds is 7. The normalized spacial score (nSPS) is 10.5. The second-order valence-corrected chi connectivity index (χ2v) is 4.54. The molecule has 2 rings (SSSR count). The maximum absolute atomic E-state index is 11.7. The highest BCUT2D eigenvalue weighted by molar-refractivity contribution is 5.94. The number of aromatic nitrogens is 1. The third kappa shape index (κ3) is 4.06. The predicted molar refractivity (Wildman–Crippen MR) is 81.2 cm³/mol. The number of nitrogens with zero attached hydrogens (tertiary/aromatic N) is 1. The molecule has 0 fully saturated rings. The molecule has 6 heteroatoms. The molecule has 0 saturated heterocycles. The lowest BCUT2D eigenvalue weighted by Gasteiger charge is -2.10. The molecule has 0 saturated carbocycles. The van der Waals surface area contributed by atoms with E-state index in [9.17, 15) is 4.79 Å². The summed E-state index contributed by atoms with van der Waals surface area (Å²) in [5, 5.41) is 3.56. The van der Waals surface area contributed by atoms with Crippen molar-refractivity contribution in [3.8, 4) is 5.75 Å². The van der Waals surface area contributed by atoms with Crippen molar-refractivity contribution in [2.45, 2.75) is 6.42 Å². The average Bonchev–Trinajstić information content (AvgIpc) is 2.51. The van der Waals surface area contributed by atoms with Crippen molar-refractivity contribution < 1.29 is 14.3 Å². The van der Waals surface area contributed by atoms with Crippen LogP contribution >= 0.6 is 0 Å². The molecule has 0 radical (unpaired) electrons. The molecule has 0 aliphatic carbocycles. The highest BCUT2D eigenvalue weighted by atomic mass is 16.5. The Kier molecular flexibility index (Phi) is 5.34. The molecule has 1 aromatic heterocycles. The molecule has 0 spiro atoms. The quantitative estimate of drug-likeness (QED) is 0.593. The maximum Gasteiger partial charge on any atom is 0.257 e. The Bertz CT molecular complexity index is 616. The number of fused-ring (bicyclic) bond motifs is 1. The molecule has 0 bridgehead atoms. The number of hydrogen-bond acceptors (Lipinski definition) is 5. The molecule has 3 N–H and O–H groups in total. The molecule has 0 aliphatic heterocycles. The van der Waals surface area contributed by atoms with Gasteiger partial charge in [0, 0.05) is 31.8 Å². The monoisotopic (exact) mass is 289 g/mol. The fourth-order valence-corrected chi connectivity index (χ4v) is 1.93. The first-order valence-corrected chi connectivity index (χ1v) is 6.74. The van der Waals surface area contributed by atoms with Crippen molar-refractivity contribution in [1.29, 1.82) is 0 Å². The number of nitrogens with two attached hydrogens (primary N) is 1. The van der Waals surface area contributed by atoms with Gasteiger partial charge in [-0.3, -0.25) is 9.78 Å². The van der Waals surface area contributed by atoms with Crippen molar-refractivity contribution in [2.24, 2.45) is 0 Å². The van der Waals surface area contributed by atoms with Crippen LogP contribution in [0.3, 0.4) is 0 Å². The maximum atomic E-state index is 11.7. The van der Waals surface area contributed by atoms with Crippen LogP contribution in [-0.2, 0) is 9.53 Å².